The number of halogens is 1. The third kappa shape index (κ3) is 25.0. The Bertz CT molecular complexity index is 6820. The Labute approximate surface area is 854 Å². The molecule has 136 heavy (non-hydrogen) atoms. The van der Waals surface area contributed by atoms with Crippen LogP contribution in [0, 0.1) is 75.1 Å². The summed E-state index contributed by atoms with van der Waals surface area (Å²) in [7, 11) is 0. The summed E-state index contributed by atoms with van der Waals surface area (Å²) in [6.07, 6.45) is 3.52. The second-order valence-electron chi connectivity index (χ2n) is 32.0. The molecule has 0 saturated carbocycles. The van der Waals surface area contributed by atoms with Crippen LogP contribution < -0.4 is 19.6 Å². The van der Waals surface area contributed by atoms with Gasteiger partial charge in [0.15, 0.2) is 0 Å². The van der Waals surface area contributed by atoms with Crippen molar-refractivity contribution in [1.29, 1.82) is 0 Å². The fourth-order valence-corrected chi connectivity index (χ4v) is 15.3. The van der Waals surface area contributed by atoms with Gasteiger partial charge in [0, 0.05) is 29.5 Å². The average Bonchev–Trinajstić information content (AvgIpc) is 0.785. The van der Waals surface area contributed by atoms with Gasteiger partial charge >= 0.3 is 84.3 Å². The van der Waals surface area contributed by atoms with Crippen molar-refractivity contribution in [2.45, 2.75) is 47.0 Å². The fourth-order valence-electron chi connectivity index (χ4n) is 15.3. The minimum Gasteiger partial charge on any atom is -0.346 e. The minimum absolute atomic E-state index is 0. The SMILES string of the molecule is CC(C)(C)c1ccc(N(c2cccc(-c3[c-]cccc3)n2)c2cccc(-c3[c-]cccc3)n2)cc1.Cc1cc(C)c(N(c2cccc(-c3[c-]cccc3)n2)c2cccc(-c3[c-]cccc3)n2)c(C)c1.Fc1ccc(N(c2[c-]c(-c3ccccn3)ccc2)c2[c-]c(-c3ccccn3)ccc2)cc1.[Pt+2].[Pt+2].[Pt+2].[Pt+2].[c-]1ccccc1-c1cccc(N(c2ccccc2)c2cccc(-c3[c-]cccc3)n2)n1. The first kappa shape index (κ1) is 99.2. The molecule has 12 aromatic carbocycles. The number of para-hydroxylation sites is 1. The number of hydrogen-bond acceptors (Lipinski definition) is 12. The zero-order valence-electron chi connectivity index (χ0n) is 75.0. The van der Waals surface area contributed by atoms with E-state index in [2.05, 4.69) is 163 Å². The Morgan fingerprint density at radius 3 is 0.801 bits per heavy atom. The van der Waals surface area contributed by atoms with Crippen LogP contribution in [0.2, 0.25) is 0 Å². The zero-order valence-corrected chi connectivity index (χ0v) is 84.1. The van der Waals surface area contributed by atoms with Gasteiger partial charge in [-0.25, -0.2) is 4.39 Å². The Hall–Kier alpha value is -14.3. The van der Waals surface area contributed by atoms with Crippen LogP contribution in [-0.2, 0) is 89.7 Å². The molecular formula is C119H89FN12Pt4. The molecule has 0 aliphatic carbocycles. The van der Waals surface area contributed by atoms with Gasteiger partial charge < -0.3 is 14.9 Å². The van der Waals surface area contributed by atoms with Crippen molar-refractivity contribution in [3.8, 4) is 90.1 Å². The fraction of sp³-hybridized carbons (Fsp3) is 0.0588. The van der Waals surface area contributed by atoms with Gasteiger partial charge in [-0.05, 0) is 197 Å². The maximum Gasteiger partial charge on any atom is 2.00 e. The Morgan fingerprint density at radius 1 is 0.243 bits per heavy atom. The maximum atomic E-state index is 13.7. The van der Waals surface area contributed by atoms with Gasteiger partial charge in [0.1, 0.15) is 40.7 Å². The van der Waals surface area contributed by atoms with Crippen molar-refractivity contribution in [3.63, 3.8) is 0 Å². The summed E-state index contributed by atoms with van der Waals surface area (Å²) in [5, 5.41) is 0. The molecule has 8 aromatic heterocycles. The molecule has 0 bridgehead atoms. The summed E-state index contributed by atoms with van der Waals surface area (Å²) in [5.41, 5.74) is 24.8. The van der Waals surface area contributed by atoms with Gasteiger partial charge in [0.25, 0.3) is 0 Å². The predicted molar refractivity (Wildman–Crippen MR) is 534 cm³/mol. The molecule has 0 aliphatic rings. The molecule has 672 valence electrons. The first-order chi connectivity index (χ1) is 64.7. The first-order valence-electron chi connectivity index (χ1n) is 43.5. The van der Waals surface area contributed by atoms with Crippen LogP contribution >= 0.6 is 0 Å². The summed E-state index contributed by atoms with van der Waals surface area (Å²) < 4.78 is 13.7. The monoisotopic (exact) mass is 2480 g/mol. The van der Waals surface area contributed by atoms with E-state index in [1.165, 1.54) is 34.4 Å². The Kier molecular flexibility index (Phi) is 35.1. The summed E-state index contributed by atoms with van der Waals surface area (Å²) in [6, 6.07) is 163. The van der Waals surface area contributed by atoms with E-state index in [0.29, 0.717) is 0 Å². The van der Waals surface area contributed by atoms with Crippen molar-refractivity contribution >= 4 is 69.0 Å². The number of anilines is 12. The number of pyridine rings is 8. The largest absolute Gasteiger partial charge is 2.00 e. The molecule has 0 amide bonds. The number of rotatable bonds is 20. The second kappa shape index (κ2) is 48.1. The van der Waals surface area contributed by atoms with Crippen LogP contribution in [0.3, 0.4) is 0 Å². The third-order valence-electron chi connectivity index (χ3n) is 21.6. The third-order valence-corrected chi connectivity index (χ3v) is 21.6. The van der Waals surface area contributed by atoms with Gasteiger partial charge in [0.2, 0.25) is 0 Å². The van der Waals surface area contributed by atoms with Crippen LogP contribution in [0.5, 0.6) is 0 Å². The molecule has 0 atom stereocenters. The summed E-state index contributed by atoms with van der Waals surface area (Å²) in [4.78, 5) is 47.2. The first-order valence-corrected chi connectivity index (χ1v) is 43.5. The molecule has 0 saturated heterocycles. The minimum atomic E-state index is -0.286. The summed E-state index contributed by atoms with van der Waals surface area (Å²) in [6.45, 7) is 13.1. The van der Waals surface area contributed by atoms with E-state index < -0.39 is 0 Å². The van der Waals surface area contributed by atoms with E-state index in [9.17, 15) is 4.39 Å². The van der Waals surface area contributed by atoms with E-state index in [4.69, 9.17) is 29.9 Å². The van der Waals surface area contributed by atoms with Gasteiger partial charge in [-0.1, -0.05) is 166 Å². The Balaban J connectivity index is 0.000000152. The molecule has 0 aliphatic heterocycles. The molecule has 0 spiro atoms. The quantitative estimate of drug-likeness (QED) is 0.0677. The van der Waals surface area contributed by atoms with Crippen molar-refractivity contribution in [2.24, 2.45) is 0 Å². The van der Waals surface area contributed by atoms with Crippen LogP contribution in [-0.4, -0.2) is 39.9 Å². The number of aromatic nitrogens is 8. The molecule has 0 fully saturated rings. The smallest absolute Gasteiger partial charge is 0.346 e. The normalized spacial score (nSPS) is 10.5. The zero-order chi connectivity index (χ0) is 90.4. The van der Waals surface area contributed by atoms with E-state index >= 15 is 0 Å². The maximum absolute atomic E-state index is 13.7. The number of nitrogens with zero attached hydrogens (tertiary/aromatic N) is 12. The molecule has 17 heteroatoms. The van der Waals surface area contributed by atoms with Gasteiger partial charge in [-0.15, -0.1) is 275 Å². The van der Waals surface area contributed by atoms with Crippen LogP contribution in [0.1, 0.15) is 43.0 Å². The summed E-state index contributed by atoms with van der Waals surface area (Å²) in [5.74, 6) is 4.52. The van der Waals surface area contributed by atoms with Crippen LogP contribution in [0.4, 0.5) is 73.4 Å². The molecule has 0 radical (unpaired) electrons. The van der Waals surface area contributed by atoms with E-state index in [1.54, 1.807) is 24.5 Å². The number of hydrogen-bond donors (Lipinski definition) is 0. The van der Waals surface area contributed by atoms with E-state index in [0.717, 1.165) is 159 Å². The van der Waals surface area contributed by atoms with Crippen molar-refractivity contribution in [3.05, 3.63) is 508 Å². The molecule has 20 aromatic rings. The van der Waals surface area contributed by atoms with E-state index in [1.807, 2.05) is 351 Å². The van der Waals surface area contributed by atoms with Gasteiger partial charge in [-0.2, -0.15) is 0 Å². The molecule has 0 N–H and O–H groups in total. The molecule has 8 heterocycles. The summed E-state index contributed by atoms with van der Waals surface area (Å²) >= 11 is 0. The number of benzene rings is 12. The molecule has 12 nitrogen and oxygen atoms in total. The van der Waals surface area contributed by atoms with Crippen LogP contribution in [0.15, 0.2) is 431 Å². The average molecular weight is 2490 g/mol. The van der Waals surface area contributed by atoms with E-state index in [-0.39, 0.29) is 95.5 Å². The van der Waals surface area contributed by atoms with Gasteiger partial charge in [-0.3, -0.25) is 44.6 Å². The molecular weight excluding hydrogens is 2400 g/mol. The topological polar surface area (TPSA) is 116 Å². The van der Waals surface area contributed by atoms with Crippen molar-refractivity contribution in [1.82, 2.24) is 39.9 Å². The van der Waals surface area contributed by atoms with Crippen molar-refractivity contribution < 1.29 is 88.7 Å². The predicted octanol–water partition coefficient (Wildman–Crippen LogP) is 29.9. The standard InChI is InChI=1S/C32H27N3.C31H25N3.C28H18FN3.C28H19N3.4Pt/c1-32(2,3)26-20-22-27(23-21-26)35(30-18-10-16-28(33-30)24-12-6-4-7-13-24)31-19-11-17-29(34-31)25-14-8-5-9-15-25;1-22-20-23(2)31(24(3)21-22)34(29-18-10-16-27(32-29)25-12-6-4-7-13-25)30-19-11-17-28(33-30)26-14-8-5-9-15-26;29-23-13-15-24(16-14-23)32(25-9-5-7-21(19-25)27-11-1-3-17-30-27)26-10-6-8-22(20-26)28-12-2-4-18-31-28;1-4-12-22(13-5-1)25-18-10-20-27(29-25)31(24-16-8-3-9-17-24)28-21-11-19-26(30-28)23-14-6-2-7-15-23;;;;/h4-12,14,16-23H,1-3H3;4-12,14,16-21H,1-3H3;1-18H;1-12,14,16-21H;;;;/q4*-2;4*+2. The van der Waals surface area contributed by atoms with Crippen molar-refractivity contribution in [2.75, 3.05) is 19.6 Å². The van der Waals surface area contributed by atoms with Crippen LogP contribution in [0.25, 0.3) is 90.1 Å². The molecule has 20 rings (SSSR count). The molecule has 0 unspecified atom stereocenters. The van der Waals surface area contributed by atoms with Gasteiger partial charge in [0.05, 0.1) is 5.69 Å². The second-order valence-corrected chi connectivity index (χ2v) is 32.0. The number of aryl methyl sites for hydroxylation is 3. The Morgan fingerprint density at radius 2 is 0.507 bits per heavy atom.